The molecule has 1 aromatic carbocycles. The van der Waals surface area contributed by atoms with Gasteiger partial charge in [0.1, 0.15) is 5.52 Å². The van der Waals surface area contributed by atoms with E-state index in [1.54, 1.807) is 0 Å². The van der Waals surface area contributed by atoms with Crippen molar-refractivity contribution in [2.45, 2.75) is 37.0 Å². The number of thioether (sulfide) groups is 1. The molecule has 5 heteroatoms. The van der Waals surface area contributed by atoms with Crippen molar-refractivity contribution < 1.29 is 4.42 Å². The molecule has 1 heterocycles. The zero-order chi connectivity index (χ0) is 13.2. The molecule has 2 unspecified atom stereocenters. The third-order valence-corrected chi connectivity index (χ3v) is 4.79. The number of anilines is 2. The molecule has 1 fully saturated rings. The molecule has 19 heavy (non-hydrogen) atoms. The number of rotatable bonds is 3. The number of nitrogens with one attached hydrogen (secondary N) is 1. The molecule has 0 saturated heterocycles. The van der Waals surface area contributed by atoms with Crippen LogP contribution in [-0.4, -0.2) is 22.5 Å². The Hall–Kier alpha value is -1.36. The topological polar surface area (TPSA) is 64.1 Å². The van der Waals surface area contributed by atoms with E-state index in [1.807, 2.05) is 30.0 Å². The second-order valence-electron chi connectivity index (χ2n) is 5.11. The molecule has 3 rings (SSSR count). The molecule has 0 amide bonds. The van der Waals surface area contributed by atoms with Crippen LogP contribution in [0.2, 0.25) is 0 Å². The Kier molecular flexibility index (Phi) is 3.55. The van der Waals surface area contributed by atoms with Crippen LogP contribution in [0.15, 0.2) is 22.6 Å². The molecule has 2 aromatic rings. The van der Waals surface area contributed by atoms with E-state index >= 15 is 0 Å². The largest absolute Gasteiger partial charge is 0.423 e. The number of fused-ring (bicyclic) bond motifs is 1. The summed E-state index contributed by atoms with van der Waals surface area (Å²) in [6.45, 7) is 0. The van der Waals surface area contributed by atoms with Crippen molar-refractivity contribution in [3.8, 4) is 0 Å². The predicted molar refractivity (Wildman–Crippen MR) is 81.6 cm³/mol. The molecule has 1 aliphatic rings. The van der Waals surface area contributed by atoms with Crippen molar-refractivity contribution in [2.75, 3.05) is 17.3 Å². The van der Waals surface area contributed by atoms with Gasteiger partial charge in [0.15, 0.2) is 5.58 Å². The van der Waals surface area contributed by atoms with E-state index in [1.165, 1.54) is 25.7 Å². The van der Waals surface area contributed by atoms with Crippen molar-refractivity contribution in [2.24, 2.45) is 0 Å². The molecule has 3 N–H and O–H groups in total. The zero-order valence-electron chi connectivity index (χ0n) is 11.1. The molecule has 2 atom stereocenters. The summed E-state index contributed by atoms with van der Waals surface area (Å²) >= 11 is 1.96. The van der Waals surface area contributed by atoms with Crippen LogP contribution in [0.1, 0.15) is 25.7 Å². The maximum absolute atomic E-state index is 5.74. The van der Waals surface area contributed by atoms with Gasteiger partial charge in [0.25, 0.3) is 6.01 Å². The van der Waals surface area contributed by atoms with E-state index < -0.39 is 0 Å². The van der Waals surface area contributed by atoms with Crippen molar-refractivity contribution in [3.63, 3.8) is 0 Å². The summed E-state index contributed by atoms with van der Waals surface area (Å²) in [4.78, 5) is 4.46. The van der Waals surface area contributed by atoms with Crippen LogP contribution < -0.4 is 11.1 Å². The summed E-state index contributed by atoms with van der Waals surface area (Å²) in [7, 11) is 0. The van der Waals surface area contributed by atoms with Gasteiger partial charge >= 0.3 is 0 Å². The summed E-state index contributed by atoms with van der Waals surface area (Å²) in [5, 5.41) is 4.18. The SMILES string of the molecule is CSC1CCCC(Nc2nc3ccc(N)cc3o2)C1. The summed E-state index contributed by atoms with van der Waals surface area (Å²) < 4.78 is 5.71. The van der Waals surface area contributed by atoms with E-state index in [0.29, 0.717) is 17.7 Å². The van der Waals surface area contributed by atoms with Crippen molar-refractivity contribution in [1.29, 1.82) is 0 Å². The molecule has 0 aliphatic heterocycles. The smallest absolute Gasteiger partial charge is 0.295 e. The Bertz CT molecular complexity index is 569. The second-order valence-corrected chi connectivity index (χ2v) is 6.25. The van der Waals surface area contributed by atoms with Gasteiger partial charge in [-0.05, 0) is 37.7 Å². The lowest BCUT2D eigenvalue weighted by Gasteiger charge is -2.27. The average molecular weight is 277 g/mol. The Morgan fingerprint density at radius 2 is 2.32 bits per heavy atom. The first-order chi connectivity index (χ1) is 9.24. The van der Waals surface area contributed by atoms with Crippen LogP contribution in [0.25, 0.3) is 11.1 Å². The number of hydrogen-bond donors (Lipinski definition) is 2. The van der Waals surface area contributed by atoms with Crippen LogP contribution in [0, 0.1) is 0 Å². The fourth-order valence-corrected chi connectivity index (χ4v) is 3.49. The molecule has 0 spiro atoms. The first kappa shape index (κ1) is 12.7. The van der Waals surface area contributed by atoms with Crippen LogP contribution in [0.5, 0.6) is 0 Å². The van der Waals surface area contributed by atoms with Gasteiger partial charge in [0.05, 0.1) is 0 Å². The molecular formula is C14H19N3OS. The minimum Gasteiger partial charge on any atom is -0.423 e. The van der Waals surface area contributed by atoms with Gasteiger partial charge in [-0.25, -0.2) is 0 Å². The van der Waals surface area contributed by atoms with Gasteiger partial charge in [0, 0.05) is 23.0 Å². The maximum atomic E-state index is 5.74. The third kappa shape index (κ3) is 2.81. The normalized spacial score (nSPS) is 23.6. The minimum absolute atomic E-state index is 0.469. The van der Waals surface area contributed by atoms with E-state index in [2.05, 4.69) is 16.6 Å². The van der Waals surface area contributed by atoms with E-state index in [-0.39, 0.29) is 0 Å². The van der Waals surface area contributed by atoms with Crippen molar-refractivity contribution >= 4 is 34.6 Å². The van der Waals surface area contributed by atoms with Crippen molar-refractivity contribution in [1.82, 2.24) is 4.98 Å². The third-order valence-electron chi connectivity index (χ3n) is 3.70. The number of nitrogens with zero attached hydrogens (tertiary/aromatic N) is 1. The predicted octanol–water partition coefficient (Wildman–Crippen LogP) is 3.50. The molecule has 4 nitrogen and oxygen atoms in total. The fraction of sp³-hybridized carbons (Fsp3) is 0.500. The molecule has 1 aliphatic carbocycles. The molecular weight excluding hydrogens is 258 g/mol. The Labute approximate surface area is 117 Å². The standard InChI is InChI=1S/C14H19N3OS/c1-19-11-4-2-3-10(8-11)16-14-17-12-6-5-9(15)7-13(12)18-14/h5-7,10-11H,2-4,8,15H2,1H3,(H,16,17). The monoisotopic (exact) mass is 277 g/mol. The number of nitrogens with two attached hydrogens (primary N) is 1. The number of oxazole rings is 1. The average Bonchev–Trinajstić information content (AvgIpc) is 2.80. The van der Waals surface area contributed by atoms with Crippen LogP contribution in [-0.2, 0) is 0 Å². The van der Waals surface area contributed by atoms with Gasteiger partial charge < -0.3 is 15.5 Å². The van der Waals surface area contributed by atoms with Gasteiger partial charge in [-0.2, -0.15) is 16.7 Å². The Morgan fingerprint density at radius 1 is 1.42 bits per heavy atom. The molecule has 1 saturated carbocycles. The molecule has 0 radical (unpaired) electrons. The Balaban J connectivity index is 1.74. The van der Waals surface area contributed by atoms with E-state index in [0.717, 1.165) is 16.3 Å². The highest BCUT2D eigenvalue weighted by molar-refractivity contribution is 7.99. The lowest BCUT2D eigenvalue weighted by molar-refractivity contribution is 0.461. The van der Waals surface area contributed by atoms with Gasteiger partial charge in [-0.1, -0.05) is 6.42 Å². The molecule has 0 bridgehead atoms. The fourth-order valence-electron chi connectivity index (χ4n) is 2.67. The highest BCUT2D eigenvalue weighted by Gasteiger charge is 2.22. The zero-order valence-corrected chi connectivity index (χ0v) is 11.9. The summed E-state index contributed by atoms with van der Waals surface area (Å²) in [5.41, 5.74) is 8.05. The minimum atomic E-state index is 0.469. The van der Waals surface area contributed by atoms with Crippen molar-refractivity contribution in [3.05, 3.63) is 18.2 Å². The van der Waals surface area contributed by atoms with E-state index in [4.69, 9.17) is 10.2 Å². The van der Waals surface area contributed by atoms with Crippen LogP contribution in [0.3, 0.4) is 0 Å². The number of hydrogen-bond acceptors (Lipinski definition) is 5. The highest BCUT2D eigenvalue weighted by Crippen LogP contribution is 2.29. The molecule has 1 aromatic heterocycles. The van der Waals surface area contributed by atoms with Gasteiger partial charge in [0.2, 0.25) is 0 Å². The Morgan fingerprint density at radius 3 is 3.16 bits per heavy atom. The number of aromatic nitrogens is 1. The first-order valence-corrected chi connectivity index (χ1v) is 7.99. The summed E-state index contributed by atoms with van der Waals surface area (Å²) in [6.07, 6.45) is 7.16. The number of benzene rings is 1. The highest BCUT2D eigenvalue weighted by atomic mass is 32.2. The first-order valence-electron chi connectivity index (χ1n) is 6.70. The summed E-state index contributed by atoms with van der Waals surface area (Å²) in [5.74, 6) is 0. The number of nitrogen functional groups attached to an aromatic ring is 1. The molecule has 102 valence electrons. The lowest BCUT2D eigenvalue weighted by Crippen LogP contribution is -2.28. The van der Waals surface area contributed by atoms with Gasteiger partial charge in [-0.3, -0.25) is 0 Å². The maximum Gasteiger partial charge on any atom is 0.295 e. The van der Waals surface area contributed by atoms with Gasteiger partial charge in [-0.15, -0.1) is 0 Å². The second kappa shape index (κ2) is 5.33. The van der Waals surface area contributed by atoms with Crippen LogP contribution >= 0.6 is 11.8 Å². The quantitative estimate of drug-likeness (QED) is 0.841. The lowest BCUT2D eigenvalue weighted by atomic mass is 9.95. The summed E-state index contributed by atoms with van der Waals surface area (Å²) in [6, 6.07) is 6.65. The van der Waals surface area contributed by atoms with Crippen LogP contribution in [0.4, 0.5) is 11.7 Å². The van der Waals surface area contributed by atoms with E-state index in [9.17, 15) is 0 Å².